The molecular formula is C10H8Cl2N2. The SMILES string of the molecule is Cc1ccc(-n2nccc2Cl)cc1Cl. The van der Waals surface area contributed by atoms with Crippen molar-refractivity contribution in [2.24, 2.45) is 0 Å². The summed E-state index contributed by atoms with van der Waals surface area (Å²) < 4.78 is 1.63. The molecule has 2 nitrogen and oxygen atoms in total. The quantitative estimate of drug-likeness (QED) is 0.729. The van der Waals surface area contributed by atoms with Crippen LogP contribution in [-0.2, 0) is 0 Å². The van der Waals surface area contributed by atoms with Gasteiger partial charge in [-0.3, -0.25) is 0 Å². The van der Waals surface area contributed by atoms with E-state index in [1.54, 1.807) is 16.9 Å². The highest BCUT2D eigenvalue weighted by Gasteiger charge is 2.03. The number of hydrogen-bond donors (Lipinski definition) is 0. The van der Waals surface area contributed by atoms with E-state index in [9.17, 15) is 0 Å². The van der Waals surface area contributed by atoms with Gasteiger partial charge in [0.25, 0.3) is 0 Å². The lowest BCUT2D eigenvalue weighted by atomic mass is 10.2. The van der Waals surface area contributed by atoms with E-state index in [1.807, 2.05) is 25.1 Å². The van der Waals surface area contributed by atoms with Gasteiger partial charge in [0, 0.05) is 5.02 Å². The topological polar surface area (TPSA) is 17.8 Å². The normalized spacial score (nSPS) is 10.5. The van der Waals surface area contributed by atoms with Crippen molar-refractivity contribution in [2.75, 3.05) is 0 Å². The Kier molecular flexibility index (Phi) is 2.48. The Morgan fingerprint density at radius 3 is 2.57 bits per heavy atom. The van der Waals surface area contributed by atoms with E-state index in [1.165, 1.54) is 0 Å². The van der Waals surface area contributed by atoms with Gasteiger partial charge >= 0.3 is 0 Å². The first-order chi connectivity index (χ1) is 6.68. The molecule has 1 aromatic carbocycles. The zero-order chi connectivity index (χ0) is 10.1. The number of rotatable bonds is 1. The summed E-state index contributed by atoms with van der Waals surface area (Å²) >= 11 is 11.9. The fraction of sp³-hybridized carbons (Fsp3) is 0.100. The van der Waals surface area contributed by atoms with Crippen LogP contribution in [0.2, 0.25) is 10.2 Å². The summed E-state index contributed by atoms with van der Waals surface area (Å²) in [5, 5.41) is 5.37. The number of benzene rings is 1. The summed E-state index contributed by atoms with van der Waals surface area (Å²) in [5.74, 6) is 0. The van der Waals surface area contributed by atoms with Crippen molar-refractivity contribution in [1.82, 2.24) is 9.78 Å². The third-order valence-electron chi connectivity index (χ3n) is 2.00. The minimum Gasteiger partial charge on any atom is -0.222 e. The van der Waals surface area contributed by atoms with Crippen LogP contribution in [0, 0.1) is 6.92 Å². The van der Waals surface area contributed by atoms with Crippen LogP contribution < -0.4 is 0 Å². The van der Waals surface area contributed by atoms with E-state index in [2.05, 4.69) is 5.10 Å². The summed E-state index contributed by atoms with van der Waals surface area (Å²) in [5.41, 5.74) is 1.91. The molecule has 0 N–H and O–H groups in total. The van der Waals surface area contributed by atoms with Crippen molar-refractivity contribution in [2.45, 2.75) is 6.92 Å². The molecule has 0 atom stereocenters. The Balaban J connectivity index is 2.53. The van der Waals surface area contributed by atoms with Gasteiger partial charge in [0.1, 0.15) is 5.15 Å². The van der Waals surface area contributed by atoms with Gasteiger partial charge in [-0.1, -0.05) is 29.3 Å². The molecule has 0 saturated carbocycles. The highest BCUT2D eigenvalue weighted by molar-refractivity contribution is 6.31. The second-order valence-corrected chi connectivity index (χ2v) is 3.79. The van der Waals surface area contributed by atoms with E-state index in [4.69, 9.17) is 23.2 Å². The molecule has 0 fully saturated rings. The largest absolute Gasteiger partial charge is 0.222 e. The van der Waals surface area contributed by atoms with Crippen LogP contribution in [0.1, 0.15) is 5.56 Å². The third-order valence-corrected chi connectivity index (χ3v) is 2.69. The summed E-state index contributed by atoms with van der Waals surface area (Å²) in [6.07, 6.45) is 1.65. The molecule has 0 aliphatic carbocycles. The average Bonchev–Trinajstić information content (AvgIpc) is 2.57. The predicted octanol–water partition coefficient (Wildman–Crippen LogP) is 3.49. The fourth-order valence-corrected chi connectivity index (χ4v) is 1.56. The monoisotopic (exact) mass is 226 g/mol. The van der Waals surface area contributed by atoms with Crippen LogP contribution in [0.5, 0.6) is 0 Å². The van der Waals surface area contributed by atoms with Crippen LogP contribution in [0.15, 0.2) is 30.5 Å². The van der Waals surface area contributed by atoms with Crippen LogP contribution in [0.25, 0.3) is 5.69 Å². The van der Waals surface area contributed by atoms with Crippen LogP contribution in [0.4, 0.5) is 0 Å². The van der Waals surface area contributed by atoms with Gasteiger partial charge in [0.05, 0.1) is 11.9 Å². The fourth-order valence-electron chi connectivity index (χ4n) is 1.19. The van der Waals surface area contributed by atoms with Gasteiger partial charge in [-0.15, -0.1) is 0 Å². The van der Waals surface area contributed by atoms with E-state index >= 15 is 0 Å². The molecule has 0 bridgehead atoms. The lowest BCUT2D eigenvalue weighted by Crippen LogP contribution is -1.96. The minimum absolute atomic E-state index is 0.574. The zero-order valence-corrected chi connectivity index (χ0v) is 9.05. The standard InChI is InChI=1S/C10H8Cl2N2/c1-7-2-3-8(6-9(7)11)14-10(12)4-5-13-14/h2-6H,1H3. The van der Waals surface area contributed by atoms with Crippen molar-refractivity contribution >= 4 is 23.2 Å². The molecule has 14 heavy (non-hydrogen) atoms. The maximum Gasteiger partial charge on any atom is 0.132 e. The van der Waals surface area contributed by atoms with E-state index in [0.29, 0.717) is 10.2 Å². The molecule has 1 aromatic heterocycles. The summed E-state index contributed by atoms with van der Waals surface area (Å²) in [4.78, 5) is 0. The van der Waals surface area contributed by atoms with E-state index in [0.717, 1.165) is 11.3 Å². The van der Waals surface area contributed by atoms with Gasteiger partial charge < -0.3 is 0 Å². The molecule has 0 saturated heterocycles. The van der Waals surface area contributed by atoms with Crippen LogP contribution in [-0.4, -0.2) is 9.78 Å². The van der Waals surface area contributed by atoms with E-state index < -0.39 is 0 Å². The third kappa shape index (κ3) is 1.63. The van der Waals surface area contributed by atoms with Crippen LogP contribution >= 0.6 is 23.2 Å². The van der Waals surface area contributed by atoms with E-state index in [-0.39, 0.29) is 0 Å². The van der Waals surface area contributed by atoms with Gasteiger partial charge in [-0.05, 0) is 30.7 Å². The van der Waals surface area contributed by atoms with Crippen molar-refractivity contribution in [3.63, 3.8) is 0 Å². The summed E-state index contributed by atoms with van der Waals surface area (Å²) in [6, 6.07) is 7.45. The molecule has 4 heteroatoms. The molecule has 1 heterocycles. The first kappa shape index (κ1) is 9.56. The van der Waals surface area contributed by atoms with Crippen molar-refractivity contribution < 1.29 is 0 Å². The molecule has 2 aromatic rings. The Hall–Kier alpha value is -0.990. The van der Waals surface area contributed by atoms with Gasteiger partial charge in [-0.2, -0.15) is 5.10 Å². The Morgan fingerprint density at radius 1 is 1.21 bits per heavy atom. The molecule has 0 spiro atoms. The van der Waals surface area contributed by atoms with Gasteiger partial charge in [-0.25, -0.2) is 4.68 Å². The lowest BCUT2D eigenvalue weighted by molar-refractivity contribution is 0.881. The maximum atomic E-state index is 6.00. The molecule has 2 rings (SSSR count). The maximum absolute atomic E-state index is 6.00. The number of hydrogen-bond acceptors (Lipinski definition) is 1. The van der Waals surface area contributed by atoms with Crippen molar-refractivity contribution in [3.05, 3.63) is 46.2 Å². The predicted molar refractivity (Wildman–Crippen MR) is 58.3 cm³/mol. The Morgan fingerprint density at radius 2 is 2.00 bits per heavy atom. The van der Waals surface area contributed by atoms with Crippen LogP contribution in [0.3, 0.4) is 0 Å². The first-order valence-corrected chi connectivity index (χ1v) is 4.90. The molecule has 72 valence electrons. The second-order valence-electron chi connectivity index (χ2n) is 3.00. The molecule has 0 radical (unpaired) electrons. The highest BCUT2D eigenvalue weighted by atomic mass is 35.5. The zero-order valence-electron chi connectivity index (χ0n) is 7.54. The number of aromatic nitrogens is 2. The number of aryl methyl sites for hydroxylation is 1. The molecule has 0 aliphatic rings. The number of halogens is 2. The highest BCUT2D eigenvalue weighted by Crippen LogP contribution is 2.21. The van der Waals surface area contributed by atoms with Gasteiger partial charge in [0.2, 0.25) is 0 Å². The second kappa shape index (κ2) is 3.64. The molecular weight excluding hydrogens is 219 g/mol. The van der Waals surface area contributed by atoms with Crippen molar-refractivity contribution in [3.8, 4) is 5.69 Å². The lowest BCUT2D eigenvalue weighted by Gasteiger charge is -2.04. The Bertz CT molecular complexity index is 463. The number of nitrogens with zero attached hydrogens (tertiary/aromatic N) is 2. The molecule has 0 amide bonds. The van der Waals surface area contributed by atoms with Crippen molar-refractivity contribution in [1.29, 1.82) is 0 Å². The molecule has 0 unspecified atom stereocenters. The summed E-state index contributed by atoms with van der Waals surface area (Å²) in [7, 11) is 0. The Labute approximate surface area is 92.1 Å². The van der Waals surface area contributed by atoms with Gasteiger partial charge in [0.15, 0.2) is 0 Å². The summed E-state index contributed by atoms with van der Waals surface area (Å²) in [6.45, 7) is 1.96. The first-order valence-electron chi connectivity index (χ1n) is 4.14. The minimum atomic E-state index is 0.574. The average molecular weight is 227 g/mol. The molecule has 0 aliphatic heterocycles. The smallest absolute Gasteiger partial charge is 0.132 e.